The predicted molar refractivity (Wildman–Crippen MR) is 73.1 cm³/mol. The van der Waals surface area contributed by atoms with Crippen molar-refractivity contribution in [3.63, 3.8) is 0 Å². The molecule has 1 aromatic rings. The highest BCUT2D eigenvalue weighted by molar-refractivity contribution is 7.89. The number of hydrogen-bond acceptors (Lipinski definition) is 3. The van der Waals surface area contributed by atoms with Crippen molar-refractivity contribution in [2.45, 2.75) is 43.7 Å². The molecular weight excluding hydrogens is 262 g/mol. The van der Waals surface area contributed by atoms with Gasteiger partial charge in [0.25, 0.3) is 0 Å². The van der Waals surface area contributed by atoms with Gasteiger partial charge in [-0.05, 0) is 37.2 Å². The fraction of sp³-hybridized carbons (Fsp3) is 0.692. The molecule has 3 rings (SSSR count). The summed E-state index contributed by atoms with van der Waals surface area (Å²) in [5, 5.41) is 0. The summed E-state index contributed by atoms with van der Waals surface area (Å²) in [6.45, 7) is 3.08. The lowest BCUT2D eigenvalue weighted by atomic mass is 10.3. The van der Waals surface area contributed by atoms with Crippen molar-refractivity contribution >= 4 is 10.0 Å². The molecule has 0 saturated heterocycles. The predicted octanol–water partition coefficient (Wildman–Crippen LogP) is 1.22. The van der Waals surface area contributed by atoms with E-state index in [1.807, 2.05) is 4.57 Å². The largest absolute Gasteiger partial charge is 0.346 e. The number of nitrogens with two attached hydrogens (primary N) is 1. The third-order valence-electron chi connectivity index (χ3n) is 4.18. The fourth-order valence-electron chi connectivity index (χ4n) is 2.48. The minimum atomic E-state index is -3.38. The van der Waals surface area contributed by atoms with Crippen molar-refractivity contribution in [2.75, 3.05) is 6.54 Å². The highest BCUT2D eigenvalue weighted by atomic mass is 32.2. The smallest absolute Gasteiger partial charge is 0.242 e. The third-order valence-corrected chi connectivity index (χ3v) is 5.57. The van der Waals surface area contributed by atoms with E-state index in [4.69, 9.17) is 5.73 Å². The molecule has 19 heavy (non-hydrogen) atoms. The van der Waals surface area contributed by atoms with Crippen LogP contribution < -0.4 is 10.5 Å². The maximum absolute atomic E-state index is 12.2. The van der Waals surface area contributed by atoms with E-state index in [9.17, 15) is 8.42 Å². The van der Waals surface area contributed by atoms with E-state index in [2.05, 4.69) is 11.6 Å². The van der Waals surface area contributed by atoms with Gasteiger partial charge in [0, 0.05) is 31.0 Å². The highest BCUT2D eigenvalue weighted by Crippen LogP contribution is 2.38. The lowest BCUT2D eigenvalue weighted by Crippen LogP contribution is -2.25. The van der Waals surface area contributed by atoms with Gasteiger partial charge in [0.2, 0.25) is 10.0 Å². The molecule has 0 bridgehead atoms. The van der Waals surface area contributed by atoms with Gasteiger partial charge >= 0.3 is 0 Å². The van der Waals surface area contributed by atoms with Crippen LogP contribution in [0.4, 0.5) is 0 Å². The maximum Gasteiger partial charge on any atom is 0.242 e. The van der Waals surface area contributed by atoms with Gasteiger partial charge in [-0.15, -0.1) is 0 Å². The minimum Gasteiger partial charge on any atom is -0.346 e. The molecular formula is C13H21N3O2S. The number of sulfonamides is 1. The Labute approximate surface area is 114 Å². The van der Waals surface area contributed by atoms with Gasteiger partial charge in [0.1, 0.15) is 0 Å². The summed E-state index contributed by atoms with van der Waals surface area (Å²) in [6, 6.07) is 2.16. The van der Waals surface area contributed by atoms with Gasteiger partial charge in [-0.2, -0.15) is 0 Å². The Kier molecular flexibility index (Phi) is 3.19. The lowest BCUT2D eigenvalue weighted by Gasteiger charge is -2.04. The average Bonchev–Trinajstić information content (AvgIpc) is 3.28. The normalized spacial score (nSPS) is 26.6. The van der Waals surface area contributed by atoms with E-state index in [-0.39, 0.29) is 0 Å². The topological polar surface area (TPSA) is 77.1 Å². The first-order chi connectivity index (χ1) is 9.01. The highest BCUT2D eigenvalue weighted by Gasteiger charge is 2.34. The second-order valence-electron chi connectivity index (χ2n) is 5.83. The average molecular weight is 283 g/mol. The van der Waals surface area contributed by atoms with Crippen molar-refractivity contribution < 1.29 is 8.42 Å². The molecule has 0 aliphatic heterocycles. The summed E-state index contributed by atoms with van der Waals surface area (Å²) >= 11 is 0. The Bertz CT molecular complexity index is 575. The van der Waals surface area contributed by atoms with Crippen molar-refractivity contribution in [3.05, 3.63) is 18.0 Å². The summed E-state index contributed by atoms with van der Waals surface area (Å²) in [5.74, 6) is 1.16. The van der Waals surface area contributed by atoms with E-state index in [0.717, 1.165) is 25.0 Å². The van der Waals surface area contributed by atoms with Crippen molar-refractivity contribution in [2.24, 2.45) is 17.6 Å². The molecule has 2 aliphatic carbocycles. The Morgan fingerprint density at radius 2 is 2.16 bits per heavy atom. The number of nitrogens with zero attached hydrogens (tertiary/aromatic N) is 1. The van der Waals surface area contributed by atoms with E-state index in [1.165, 1.54) is 0 Å². The van der Waals surface area contributed by atoms with Crippen molar-refractivity contribution in [1.29, 1.82) is 0 Å². The van der Waals surface area contributed by atoms with Crippen LogP contribution in [0.2, 0.25) is 0 Å². The van der Waals surface area contributed by atoms with Crippen LogP contribution in [-0.2, 0) is 16.6 Å². The summed E-state index contributed by atoms with van der Waals surface area (Å²) < 4.78 is 29.2. The molecule has 1 heterocycles. The first kappa shape index (κ1) is 13.1. The Balaban J connectivity index is 1.76. The van der Waals surface area contributed by atoms with Crippen LogP contribution >= 0.6 is 0 Å². The van der Waals surface area contributed by atoms with Crippen molar-refractivity contribution in [1.82, 2.24) is 9.29 Å². The Morgan fingerprint density at radius 1 is 1.47 bits per heavy atom. The summed E-state index contributed by atoms with van der Waals surface area (Å²) in [6.07, 6.45) is 5.10. The second-order valence-corrected chi connectivity index (χ2v) is 7.60. The summed E-state index contributed by atoms with van der Waals surface area (Å²) in [7, 11) is -3.38. The SMILES string of the molecule is CC1CC1CNS(=O)(=O)c1cc(CN)n(C2CC2)c1. The first-order valence-electron chi connectivity index (χ1n) is 6.91. The number of aromatic nitrogens is 1. The van der Waals surface area contributed by atoms with Gasteiger partial charge in [-0.3, -0.25) is 0 Å². The molecule has 2 aliphatic rings. The maximum atomic E-state index is 12.2. The monoisotopic (exact) mass is 283 g/mol. The number of hydrogen-bond donors (Lipinski definition) is 2. The molecule has 6 heteroatoms. The molecule has 0 radical (unpaired) electrons. The van der Waals surface area contributed by atoms with Gasteiger partial charge in [-0.25, -0.2) is 13.1 Å². The van der Waals surface area contributed by atoms with E-state index < -0.39 is 10.0 Å². The molecule has 0 amide bonds. The van der Waals surface area contributed by atoms with Crippen LogP contribution in [0.25, 0.3) is 0 Å². The van der Waals surface area contributed by atoms with Gasteiger partial charge in [-0.1, -0.05) is 6.92 Å². The summed E-state index contributed by atoms with van der Waals surface area (Å²) in [5.41, 5.74) is 6.59. The molecule has 5 nitrogen and oxygen atoms in total. The van der Waals surface area contributed by atoms with Gasteiger partial charge in [0.05, 0.1) is 4.90 Å². The quantitative estimate of drug-likeness (QED) is 0.824. The standard InChI is InChI=1S/C13H21N3O2S/c1-9-4-10(9)7-15-19(17,18)13-5-12(6-14)16(8-13)11-2-3-11/h5,8-11,15H,2-4,6-7,14H2,1H3. The third kappa shape index (κ3) is 2.70. The first-order valence-corrected chi connectivity index (χ1v) is 8.40. The molecule has 3 N–H and O–H groups in total. The van der Waals surface area contributed by atoms with Crippen LogP contribution in [0.3, 0.4) is 0 Å². The lowest BCUT2D eigenvalue weighted by molar-refractivity contribution is 0.574. The van der Waals surface area contributed by atoms with Gasteiger partial charge < -0.3 is 10.3 Å². The van der Waals surface area contributed by atoms with Crippen LogP contribution in [0, 0.1) is 11.8 Å². The fourth-order valence-corrected chi connectivity index (χ4v) is 3.63. The molecule has 106 valence electrons. The molecule has 2 atom stereocenters. The zero-order valence-corrected chi connectivity index (χ0v) is 12.0. The summed E-state index contributed by atoms with van der Waals surface area (Å²) in [4.78, 5) is 0.355. The van der Waals surface area contributed by atoms with Gasteiger partial charge in [0.15, 0.2) is 0 Å². The Hall–Kier alpha value is -0.850. The van der Waals surface area contributed by atoms with Crippen LogP contribution in [0.5, 0.6) is 0 Å². The molecule has 2 saturated carbocycles. The minimum absolute atomic E-state index is 0.355. The van der Waals surface area contributed by atoms with E-state index in [0.29, 0.717) is 35.9 Å². The molecule has 2 unspecified atom stereocenters. The molecule has 0 spiro atoms. The van der Waals surface area contributed by atoms with E-state index >= 15 is 0 Å². The molecule has 1 aromatic heterocycles. The zero-order valence-electron chi connectivity index (χ0n) is 11.2. The zero-order chi connectivity index (χ0) is 13.6. The van der Waals surface area contributed by atoms with Crippen LogP contribution in [0.1, 0.15) is 37.9 Å². The number of rotatable bonds is 6. The Morgan fingerprint density at radius 3 is 2.68 bits per heavy atom. The second kappa shape index (κ2) is 4.61. The van der Waals surface area contributed by atoms with E-state index in [1.54, 1.807) is 12.3 Å². The molecule has 0 aromatic carbocycles. The molecule has 2 fully saturated rings. The van der Waals surface area contributed by atoms with Crippen LogP contribution in [-0.4, -0.2) is 19.5 Å². The number of nitrogens with one attached hydrogen (secondary N) is 1. The van der Waals surface area contributed by atoms with Crippen LogP contribution in [0.15, 0.2) is 17.2 Å². The van der Waals surface area contributed by atoms with Crippen molar-refractivity contribution in [3.8, 4) is 0 Å².